The van der Waals surface area contributed by atoms with E-state index in [4.69, 9.17) is 4.79 Å². The first-order chi connectivity index (χ1) is 6.76. The van der Waals surface area contributed by atoms with E-state index in [0.29, 0.717) is 4.88 Å². The van der Waals surface area contributed by atoms with E-state index in [-0.39, 0.29) is 23.0 Å². The summed E-state index contributed by atoms with van der Waals surface area (Å²) in [5.74, 6) is -0.197. The minimum absolute atomic E-state index is 0. The Morgan fingerprint density at radius 2 is 2.20 bits per heavy atom. The van der Waals surface area contributed by atoms with Crippen LogP contribution >= 0.6 is 23.6 Å². The molecular formula is C8H8MnN2O2S2. The predicted molar refractivity (Wildman–Crippen MR) is 58.9 cm³/mol. The van der Waals surface area contributed by atoms with Gasteiger partial charge in [0.1, 0.15) is 0 Å². The van der Waals surface area contributed by atoms with Crippen LogP contribution in [0.4, 0.5) is 0 Å². The molecule has 7 heteroatoms. The number of thiophene rings is 1. The van der Waals surface area contributed by atoms with Crippen LogP contribution in [0.15, 0.2) is 17.5 Å². The third-order valence-electron chi connectivity index (χ3n) is 0.972. The molecule has 0 unspecified atom stereocenters. The Morgan fingerprint density at radius 1 is 1.60 bits per heavy atom. The Morgan fingerprint density at radius 3 is 2.60 bits per heavy atom. The first-order valence-corrected chi connectivity index (χ1v) is 4.80. The third kappa shape index (κ3) is 8.26. The van der Waals surface area contributed by atoms with Crippen LogP contribution in [0, 0.1) is 0 Å². The van der Waals surface area contributed by atoms with Crippen LogP contribution in [0.25, 0.3) is 0 Å². The van der Waals surface area contributed by atoms with Gasteiger partial charge in [-0.3, -0.25) is 16.5 Å². The molecule has 0 bridgehead atoms. The molecule has 0 aliphatic carbocycles. The third-order valence-corrected chi connectivity index (χ3v) is 1.94. The maximum Gasteiger partial charge on any atom is 2.00 e. The second kappa shape index (κ2) is 11.3. The zero-order valence-electron chi connectivity index (χ0n) is 7.74. The molecule has 0 atom stereocenters. The summed E-state index contributed by atoms with van der Waals surface area (Å²) < 4.78 is 0. The standard InChI is InChI=1S/C6H5N2OS2.C2H3O.Mn/c9-6(8-7-4-10)5-2-1-3-11-5;1-2-3;/h1-3H,(H,7,10)(H,8,9);1H3;/q2*-1;+2. The molecule has 1 aromatic heterocycles. The largest absolute Gasteiger partial charge is 2.00 e. The average Bonchev–Trinajstić information content (AvgIpc) is 2.68. The van der Waals surface area contributed by atoms with Crippen molar-refractivity contribution >= 4 is 41.2 Å². The van der Waals surface area contributed by atoms with Gasteiger partial charge in [-0.25, -0.2) is 0 Å². The van der Waals surface area contributed by atoms with E-state index in [1.165, 1.54) is 24.5 Å². The van der Waals surface area contributed by atoms with Crippen LogP contribution in [-0.2, 0) is 21.9 Å². The molecular weight excluding hydrogens is 275 g/mol. The van der Waals surface area contributed by atoms with Crippen LogP contribution in [0.3, 0.4) is 0 Å². The number of hydrogen-bond donors (Lipinski definition) is 2. The monoisotopic (exact) mass is 283 g/mol. The second-order valence-electron chi connectivity index (χ2n) is 1.86. The smallest absolute Gasteiger partial charge is 0.542 e. The quantitative estimate of drug-likeness (QED) is 0.285. The van der Waals surface area contributed by atoms with Gasteiger partial charge in [0, 0.05) is 0 Å². The summed E-state index contributed by atoms with van der Waals surface area (Å²) >= 11 is 5.69. The second-order valence-corrected chi connectivity index (χ2v) is 3.01. The van der Waals surface area contributed by atoms with E-state index in [1.54, 1.807) is 12.1 Å². The maximum absolute atomic E-state index is 11.0. The van der Waals surface area contributed by atoms with Crippen molar-refractivity contribution in [2.24, 2.45) is 0 Å². The minimum atomic E-state index is -0.197. The molecule has 4 nitrogen and oxygen atoms in total. The number of thiocarbonyl (C=S) groups is 1. The Kier molecular flexibility index (Phi) is 12.6. The van der Waals surface area contributed by atoms with Crippen molar-refractivity contribution in [3.63, 3.8) is 0 Å². The molecule has 0 fully saturated rings. The first kappa shape index (κ1) is 16.7. The molecule has 1 rings (SSSR count). The van der Waals surface area contributed by atoms with Gasteiger partial charge in [0.05, 0.1) is 4.88 Å². The van der Waals surface area contributed by atoms with Crippen LogP contribution in [0.2, 0.25) is 0 Å². The van der Waals surface area contributed by atoms with E-state index in [1.807, 2.05) is 5.38 Å². The van der Waals surface area contributed by atoms with E-state index in [0.717, 1.165) is 0 Å². The molecule has 1 radical (unpaired) electrons. The Hall–Kier alpha value is -0.751. The van der Waals surface area contributed by atoms with Gasteiger partial charge < -0.3 is 27.9 Å². The number of carbonyl (C=O) groups excluding carboxylic acids is 2. The van der Waals surface area contributed by atoms with Gasteiger partial charge in [-0.05, 0) is 11.4 Å². The van der Waals surface area contributed by atoms with Gasteiger partial charge in [-0.15, -0.1) is 11.3 Å². The van der Waals surface area contributed by atoms with Gasteiger partial charge in [-0.2, -0.15) is 6.92 Å². The van der Waals surface area contributed by atoms with Crippen molar-refractivity contribution in [1.82, 2.24) is 10.9 Å². The fraction of sp³-hybridized carbons (Fsp3) is 0.125. The van der Waals surface area contributed by atoms with E-state index >= 15 is 0 Å². The van der Waals surface area contributed by atoms with Gasteiger partial charge in [0.2, 0.25) is 0 Å². The van der Waals surface area contributed by atoms with Crippen molar-refractivity contribution < 1.29 is 26.7 Å². The van der Waals surface area contributed by atoms with Crippen molar-refractivity contribution in [3.8, 4) is 0 Å². The summed E-state index contributed by atoms with van der Waals surface area (Å²) in [7, 11) is 0. The number of hydrogen-bond acceptors (Lipinski definition) is 4. The van der Waals surface area contributed by atoms with Crippen molar-refractivity contribution in [2.45, 2.75) is 6.92 Å². The van der Waals surface area contributed by atoms with Gasteiger partial charge in [0.25, 0.3) is 5.91 Å². The van der Waals surface area contributed by atoms with Crippen LogP contribution < -0.4 is 10.9 Å². The number of nitrogens with one attached hydrogen (secondary N) is 2. The zero-order valence-corrected chi connectivity index (χ0v) is 10.6. The van der Waals surface area contributed by atoms with Crippen molar-refractivity contribution in [2.75, 3.05) is 0 Å². The molecule has 2 N–H and O–H groups in total. The Balaban J connectivity index is 0. The molecule has 0 aromatic carbocycles. The van der Waals surface area contributed by atoms with Crippen LogP contribution in [0.5, 0.6) is 0 Å². The van der Waals surface area contributed by atoms with Gasteiger partial charge >= 0.3 is 17.1 Å². The van der Waals surface area contributed by atoms with E-state index in [2.05, 4.69) is 28.6 Å². The molecule has 0 saturated carbocycles. The summed E-state index contributed by atoms with van der Waals surface area (Å²) in [5, 5.41) is 1.83. The fourth-order valence-corrected chi connectivity index (χ4v) is 1.22. The minimum Gasteiger partial charge on any atom is -0.542 e. The number of hydrazine groups is 1. The molecule has 0 saturated heterocycles. The summed E-state index contributed by atoms with van der Waals surface area (Å²) in [5.41, 5.74) is 6.82. The molecule has 0 spiro atoms. The number of amides is 1. The number of carbonyl (C=O) groups is 1. The van der Waals surface area contributed by atoms with Gasteiger partial charge in [0.15, 0.2) is 0 Å². The van der Waals surface area contributed by atoms with Crippen molar-refractivity contribution in [1.29, 1.82) is 0 Å². The SMILES string of the molecule is C[C-]=O.O=C(NN[C-]=S)c1cccs1.[Mn+2]. The summed E-state index contributed by atoms with van der Waals surface area (Å²) in [6.07, 6.45) is 1.50. The van der Waals surface area contributed by atoms with Gasteiger partial charge in [-0.1, -0.05) is 6.07 Å². The summed E-state index contributed by atoms with van der Waals surface area (Å²) in [6, 6.07) is 3.53. The first-order valence-electron chi connectivity index (χ1n) is 3.51. The topological polar surface area (TPSA) is 58.2 Å². The van der Waals surface area contributed by atoms with E-state index < -0.39 is 0 Å². The van der Waals surface area contributed by atoms with Crippen molar-refractivity contribution in [3.05, 3.63) is 22.4 Å². The summed E-state index contributed by atoms with van der Waals surface area (Å²) in [4.78, 5) is 20.3. The maximum atomic E-state index is 11.0. The molecule has 15 heavy (non-hydrogen) atoms. The molecule has 1 aromatic rings. The molecule has 81 valence electrons. The molecule has 0 aliphatic heterocycles. The van der Waals surface area contributed by atoms with Crippen LogP contribution in [0.1, 0.15) is 16.6 Å². The number of rotatable bonds is 3. The summed E-state index contributed by atoms with van der Waals surface area (Å²) in [6.45, 7) is 1.32. The van der Waals surface area contributed by atoms with Crippen LogP contribution in [-0.4, -0.2) is 17.7 Å². The normalized spacial score (nSPS) is 7.27. The molecule has 0 aliphatic rings. The zero-order chi connectivity index (χ0) is 10.8. The predicted octanol–water partition coefficient (Wildman–Crippen LogP) is 0.930. The Bertz CT molecular complexity index is 291. The molecule has 1 amide bonds. The van der Waals surface area contributed by atoms with E-state index in [9.17, 15) is 4.79 Å². The molecule has 1 heterocycles. The Labute approximate surface area is 108 Å². The average molecular weight is 283 g/mol. The fourth-order valence-electron chi connectivity index (χ4n) is 0.552.